The number of rotatable bonds is 12. The summed E-state index contributed by atoms with van der Waals surface area (Å²) in [5.74, 6) is 2.09. The zero-order chi connectivity index (χ0) is 26.1. The Balaban J connectivity index is 1.60. The molecule has 3 aromatic rings. The van der Waals surface area contributed by atoms with Gasteiger partial charge in [0.15, 0.2) is 11.5 Å². The fraction of sp³-hybridized carbons (Fsp3) is 0.269. The first-order valence-electron chi connectivity index (χ1n) is 11.1. The molecule has 2 N–H and O–H groups in total. The molecule has 0 saturated heterocycles. The number of ether oxygens (including phenoxy) is 2. The van der Waals surface area contributed by atoms with Gasteiger partial charge in [0.05, 0.1) is 36.2 Å². The number of thioether (sulfide) groups is 1. The molecule has 7 nitrogen and oxygen atoms in total. The molecule has 0 heterocycles. The molecule has 0 fully saturated rings. The maximum Gasteiger partial charge on any atom is 0.239 e. The molecular weight excluding hydrogens is 520 g/mol. The predicted molar refractivity (Wildman–Crippen MR) is 145 cm³/mol. The molecule has 0 bridgehead atoms. The van der Waals surface area contributed by atoms with Crippen molar-refractivity contribution >= 4 is 44.8 Å². The van der Waals surface area contributed by atoms with Crippen molar-refractivity contribution in [2.75, 3.05) is 38.4 Å². The van der Waals surface area contributed by atoms with Crippen LogP contribution >= 0.6 is 23.4 Å². The highest BCUT2D eigenvalue weighted by molar-refractivity contribution is 7.98. The van der Waals surface area contributed by atoms with Gasteiger partial charge in [0.25, 0.3) is 0 Å². The van der Waals surface area contributed by atoms with Crippen molar-refractivity contribution in [1.29, 1.82) is 0 Å². The van der Waals surface area contributed by atoms with E-state index < -0.39 is 9.84 Å². The van der Waals surface area contributed by atoms with Crippen LogP contribution in [0.2, 0.25) is 5.02 Å². The number of nitrogens with one attached hydrogen (secondary N) is 2. The van der Waals surface area contributed by atoms with Crippen molar-refractivity contribution < 1.29 is 22.7 Å². The average molecular weight is 549 g/mol. The molecule has 0 atom stereocenters. The van der Waals surface area contributed by atoms with E-state index in [1.165, 1.54) is 31.9 Å². The number of halogens is 1. The van der Waals surface area contributed by atoms with E-state index in [0.717, 1.165) is 17.1 Å². The van der Waals surface area contributed by atoms with Gasteiger partial charge in [0, 0.05) is 29.1 Å². The summed E-state index contributed by atoms with van der Waals surface area (Å²) < 4.78 is 37.4. The lowest BCUT2D eigenvalue weighted by atomic mass is 10.2. The van der Waals surface area contributed by atoms with Crippen LogP contribution in [0.15, 0.2) is 70.5 Å². The third-order valence-electron chi connectivity index (χ3n) is 5.28. The van der Waals surface area contributed by atoms with E-state index in [1.54, 1.807) is 36.0 Å². The molecule has 192 valence electrons. The lowest BCUT2D eigenvalue weighted by Gasteiger charge is -2.15. The summed E-state index contributed by atoms with van der Waals surface area (Å²) in [6, 6.07) is 17.2. The Morgan fingerprint density at radius 1 is 0.972 bits per heavy atom. The summed E-state index contributed by atoms with van der Waals surface area (Å²) in [5, 5.41) is 6.53. The molecule has 0 saturated carbocycles. The second kappa shape index (κ2) is 12.9. The number of hydrogen-bond acceptors (Lipinski definition) is 7. The SMILES string of the molecule is COc1ccc(S(=O)(=O)c2cc(C)ccc2NCC(=O)NCCSCc2ccc(Cl)cc2)cc1OC. The van der Waals surface area contributed by atoms with Crippen LogP contribution in [0.1, 0.15) is 11.1 Å². The van der Waals surface area contributed by atoms with E-state index in [0.29, 0.717) is 28.8 Å². The summed E-state index contributed by atoms with van der Waals surface area (Å²) in [5.41, 5.74) is 2.30. The molecule has 3 aromatic carbocycles. The normalized spacial score (nSPS) is 11.1. The third kappa shape index (κ3) is 7.32. The molecule has 0 aliphatic heterocycles. The van der Waals surface area contributed by atoms with Gasteiger partial charge in [-0.1, -0.05) is 29.8 Å². The quantitative estimate of drug-likeness (QED) is 0.309. The van der Waals surface area contributed by atoms with Crippen LogP contribution < -0.4 is 20.1 Å². The molecule has 0 radical (unpaired) electrons. The molecule has 3 rings (SSSR count). The zero-order valence-corrected chi connectivity index (χ0v) is 22.7. The standard InChI is InChI=1S/C26H29ClN2O5S2/c1-18-4-10-22(25(14-18)36(31,32)21-9-11-23(33-2)24(15-21)34-3)29-16-26(30)28-12-13-35-17-19-5-7-20(27)8-6-19/h4-11,14-15,29H,12-13,16-17H2,1-3H3,(H,28,30). The Kier molecular flexibility index (Phi) is 9.92. The van der Waals surface area contributed by atoms with Crippen molar-refractivity contribution in [1.82, 2.24) is 5.32 Å². The van der Waals surface area contributed by atoms with Crippen LogP contribution in [-0.4, -0.2) is 47.4 Å². The molecule has 0 aliphatic carbocycles. The van der Waals surface area contributed by atoms with Crippen molar-refractivity contribution in [3.05, 3.63) is 76.8 Å². The summed E-state index contributed by atoms with van der Waals surface area (Å²) >= 11 is 7.60. The number of sulfone groups is 1. The first kappa shape index (κ1) is 27.7. The van der Waals surface area contributed by atoms with E-state index in [1.807, 2.05) is 31.2 Å². The van der Waals surface area contributed by atoms with Crippen LogP contribution in [0.4, 0.5) is 5.69 Å². The molecule has 0 aliphatic rings. The summed E-state index contributed by atoms with van der Waals surface area (Å²) in [6.07, 6.45) is 0. The second-order valence-corrected chi connectivity index (χ2v) is 11.4. The smallest absolute Gasteiger partial charge is 0.239 e. The summed E-state index contributed by atoms with van der Waals surface area (Å²) in [4.78, 5) is 12.5. The molecule has 36 heavy (non-hydrogen) atoms. The minimum atomic E-state index is -3.89. The van der Waals surface area contributed by atoms with Crippen molar-refractivity contribution in [3.63, 3.8) is 0 Å². The fourth-order valence-electron chi connectivity index (χ4n) is 3.38. The maximum atomic E-state index is 13.5. The van der Waals surface area contributed by atoms with Gasteiger partial charge in [0.1, 0.15) is 0 Å². The van der Waals surface area contributed by atoms with Crippen LogP contribution in [0.5, 0.6) is 11.5 Å². The van der Waals surface area contributed by atoms with Gasteiger partial charge in [-0.25, -0.2) is 8.42 Å². The minimum absolute atomic E-state index is 0.0562. The van der Waals surface area contributed by atoms with E-state index in [2.05, 4.69) is 10.6 Å². The van der Waals surface area contributed by atoms with Gasteiger partial charge in [-0.3, -0.25) is 4.79 Å². The fourth-order valence-corrected chi connectivity index (χ4v) is 5.86. The number of anilines is 1. The molecular formula is C26H29ClN2O5S2. The van der Waals surface area contributed by atoms with Crippen LogP contribution in [0.3, 0.4) is 0 Å². The van der Waals surface area contributed by atoms with Crippen molar-refractivity contribution in [2.24, 2.45) is 0 Å². The third-order valence-corrected chi connectivity index (χ3v) is 8.36. The lowest BCUT2D eigenvalue weighted by molar-refractivity contribution is -0.119. The summed E-state index contributed by atoms with van der Waals surface area (Å²) in [7, 11) is -0.961. The van der Waals surface area contributed by atoms with Gasteiger partial charge >= 0.3 is 0 Å². The molecule has 10 heteroatoms. The van der Waals surface area contributed by atoms with E-state index in [9.17, 15) is 13.2 Å². The van der Waals surface area contributed by atoms with Gasteiger partial charge in [-0.15, -0.1) is 0 Å². The number of hydrogen-bond donors (Lipinski definition) is 2. The first-order valence-corrected chi connectivity index (χ1v) is 14.2. The topological polar surface area (TPSA) is 93.7 Å². The number of amides is 1. The largest absolute Gasteiger partial charge is 0.493 e. The monoisotopic (exact) mass is 548 g/mol. The molecule has 1 amide bonds. The van der Waals surface area contributed by atoms with E-state index >= 15 is 0 Å². The van der Waals surface area contributed by atoms with E-state index in [-0.39, 0.29) is 22.2 Å². The Labute approximate surface area is 221 Å². The second-order valence-electron chi connectivity index (χ2n) is 7.90. The summed E-state index contributed by atoms with van der Waals surface area (Å²) in [6.45, 7) is 2.26. The van der Waals surface area contributed by atoms with Gasteiger partial charge in [-0.2, -0.15) is 11.8 Å². The highest BCUT2D eigenvalue weighted by Crippen LogP contribution is 2.34. The highest BCUT2D eigenvalue weighted by atomic mass is 35.5. The Bertz CT molecular complexity index is 1300. The van der Waals surface area contributed by atoms with Gasteiger partial charge in [-0.05, 0) is 54.4 Å². The Hall–Kier alpha value is -2.88. The Morgan fingerprint density at radius 3 is 2.39 bits per heavy atom. The van der Waals surface area contributed by atoms with Crippen molar-refractivity contribution in [2.45, 2.75) is 22.5 Å². The molecule has 0 aromatic heterocycles. The van der Waals surface area contributed by atoms with Gasteiger partial charge < -0.3 is 20.1 Å². The number of benzene rings is 3. The first-order chi connectivity index (χ1) is 17.2. The van der Waals surface area contributed by atoms with Crippen molar-refractivity contribution in [3.8, 4) is 11.5 Å². The molecule has 0 unspecified atom stereocenters. The maximum absolute atomic E-state index is 13.5. The highest BCUT2D eigenvalue weighted by Gasteiger charge is 2.23. The van der Waals surface area contributed by atoms with E-state index in [4.69, 9.17) is 21.1 Å². The number of carbonyl (C=O) groups excluding carboxylic acids is 1. The number of carbonyl (C=O) groups is 1. The zero-order valence-electron chi connectivity index (χ0n) is 20.3. The lowest BCUT2D eigenvalue weighted by Crippen LogP contribution is -2.31. The predicted octanol–water partition coefficient (Wildman–Crippen LogP) is 4.96. The van der Waals surface area contributed by atoms with Gasteiger partial charge in [0.2, 0.25) is 15.7 Å². The number of aryl methyl sites for hydroxylation is 1. The minimum Gasteiger partial charge on any atom is -0.493 e. The van der Waals surface area contributed by atoms with Crippen LogP contribution in [0, 0.1) is 6.92 Å². The molecule has 0 spiro atoms. The average Bonchev–Trinajstić information content (AvgIpc) is 2.88. The van der Waals surface area contributed by atoms with Crippen LogP contribution in [-0.2, 0) is 20.4 Å². The Morgan fingerprint density at radius 2 is 1.69 bits per heavy atom. The van der Waals surface area contributed by atoms with Crippen LogP contribution in [0.25, 0.3) is 0 Å². The number of methoxy groups -OCH3 is 2.